The average Bonchev–Trinajstić information content (AvgIpc) is 2.69. The maximum Gasteiger partial charge on any atom is 0.245 e. The molecule has 0 radical (unpaired) electrons. The lowest BCUT2D eigenvalue weighted by atomic mass is 10.1. The number of carbonyl (C=O) groups is 1. The van der Waals surface area contributed by atoms with Crippen LogP contribution in [0.2, 0.25) is 5.02 Å². The molecular weight excluding hydrogens is 288 g/mol. The molecule has 0 saturated carbocycles. The van der Waals surface area contributed by atoms with Gasteiger partial charge in [-0.05, 0) is 31.5 Å². The number of nitrogens with two attached hydrogens (primary N) is 1. The van der Waals surface area contributed by atoms with Gasteiger partial charge < -0.3 is 15.8 Å². The Kier molecular flexibility index (Phi) is 3.35. The predicted molar refractivity (Wildman–Crippen MR) is 83.0 cm³/mol. The molecule has 3 N–H and O–H groups in total. The second-order valence-electron chi connectivity index (χ2n) is 5.21. The summed E-state index contributed by atoms with van der Waals surface area (Å²) in [6.07, 6.45) is 0. The Hall–Kier alpha value is -2.04. The van der Waals surface area contributed by atoms with Crippen molar-refractivity contribution in [1.29, 1.82) is 0 Å². The van der Waals surface area contributed by atoms with Gasteiger partial charge in [0.1, 0.15) is 17.5 Å². The van der Waals surface area contributed by atoms with Crippen LogP contribution in [0.3, 0.4) is 0 Å². The Morgan fingerprint density at radius 3 is 2.67 bits per heavy atom. The van der Waals surface area contributed by atoms with E-state index in [0.717, 1.165) is 16.9 Å². The first kappa shape index (κ1) is 13.9. The number of anilines is 1. The van der Waals surface area contributed by atoms with E-state index in [4.69, 9.17) is 22.1 Å². The predicted octanol–water partition coefficient (Wildman–Crippen LogP) is 3.70. The molecule has 0 bridgehead atoms. The molecule has 1 unspecified atom stereocenters. The summed E-state index contributed by atoms with van der Waals surface area (Å²) in [5.41, 5.74) is 9.32. The van der Waals surface area contributed by atoms with Gasteiger partial charge in [-0.25, -0.2) is 0 Å². The average molecular weight is 303 g/mol. The highest BCUT2D eigenvalue weighted by Crippen LogP contribution is 2.39. The first-order valence-corrected chi connectivity index (χ1v) is 6.98. The molecule has 2 aromatic rings. The minimum absolute atomic E-state index is 0.232. The molecule has 0 saturated heterocycles. The van der Waals surface area contributed by atoms with E-state index < -0.39 is 6.04 Å². The molecule has 4 nitrogen and oxygen atoms in total. The summed E-state index contributed by atoms with van der Waals surface area (Å²) in [4.78, 5) is 11.6. The lowest BCUT2D eigenvalue weighted by Gasteiger charge is -2.12. The third-order valence-electron chi connectivity index (χ3n) is 3.53. The highest BCUT2D eigenvalue weighted by molar-refractivity contribution is 6.32. The number of carbonyl (C=O) groups excluding carboxylic acids is 1. The van der Waals surface area contributed by atoms with Crippen LogP contribution in [0.1, 0.15) is 22.7 Å². The fourth-order valence-corrected chi connectivity index (χ4v) is 2.61. The highest BCUT2D eigenvalue weighted by Gasteiger charge is 2.28. The number of nitrogens with one attached hydrogen (secondary N) is 1. The Morgan fingerprint density at radius 1 is 1.19 bits per heavy atom. The number of benzene rings is 2. The summed E-state index contributed by atoms with van der Waals surface area (Å²) < 4.78 is 5.87. The molecule has 0 spiro atoms. The van der Waals surface area contributed by atoms with Gasteiger partial charge >= 0.3 is 0 Å². The Bertz CT molecular complexity index is 743. The second kappa shape index (κ2) is 5.06. The van der Waals surface area contributed by atoms with Crippen LogP contribution in [0, 0.1) is 13.8 Å². The first-order valence-electron chi connectivity index (χ1n) is 6.60. The van der Waals surface area contributed by atoms with E-state index in [1.165, 1.54) is 0 Å². The molecule has 1 amide bonds. The smallest absolute Gasteiger partial charge is 0.245 e. The van der Waals surface area contributed by atoms with Gasteiger partial charge in [-0.3, -0.25) is 4.79 Å². The number of fused-ring (bicyclic) bond motifs is 1. The summed E-state index contributed by atoms with van der Waals surface area (Å²) in [7, 11) is 0. The van der Waals surface area contributed by atoms with Gasteiger partial charge in [0, 0.05) is 17.3 Å². The SMILES string of the molecule is Cc1ccc(Oc2cc3c(cc2Cl)C(N)C(=O)N3)c(C)c1. The van der Waals surface area contributed by atoms with Crippen LogP contribution in [0.4, 0.5) is 5.69 Å². The maximum absolute atomic E-state index is 11.6. The molecule has 0 aliphatic carbocycles. The van der Waals surface area contributed by atoms with E-state index in [-0.39, 0.29) is 5.91 Å². The number of ether oxygens (including phenoxy) is 1. The van der Waals surface area contributed by atoms with Crippen LogP contribution in [-0.2, 0) is 4.79 Å². The topological polar surface area (TPSA) is 64.3 Å². The van der Waals surface area contributed by atoms with Crippen LogP contribution >= 0.6 is 11.6 Å². The van der Waals surface area contributed by atoms with Crippen molar-refractivity contribution in [2.24, 2.45) is 5.73 Å². The highest BCUT2D eigenvalue weighted by atomic mass is 35.5. The van der Waals surface area contributed by atoms with Crippen molar-refractivity contribution in [1.82, 2.24) is 0 Å². The third-order valence-corrected chi connectivity index (χ3v) is 3.83. The van der Waals surface area contributed by atoms with Crippen LogP contribution in [0.15, 0.2) is 30.3 Å². The molecule has 1 atom stereocenters. The molecule has 108 valence electrons. The number of amides is 1. The zero-order valence-electron chi connectivity index (χ0n) is 11.7. The number of hydrogen-bond acceptors (Lipinski definition) is 3. The number of hydrogen-bond donors (Lipinski definition) is 2. The van der Waals surface area contributed by atoms with E-state index >= 15 is 0 Å². The first-order chi connectivity index (χ1) is 9.95. The van der Waals surface area contributed by atoms with Crippen molar-refractivity contribution in [2.45, 2.75) is 19.9 Å². The molecule has 1 aliphatic heterocycles. The number of aryl methyl sites for hydroxylation is 2. The van der Waals surface area contributed by atoms with Gasteiger partial charge in [0.25, 0.3) is 0 Å². The molecule has 0 aromatic heterocycles. The summed E-state index contributed by atoms with van der Waals surface area (Å²) >= 11 is 6.23. The minimum atomic E-state index is -0.673. The van der Waals surface area contributed by atoms with Crippen molar-refractivity contribution >= 4 is 23.2 Å². The van der Waals surface area contributed by atoms with Crippen molar-refractivity contribution in [3.8, 4) is 11.5 Å². The Balaban J connectivity index is 1.97. The van der Waals surface area contributed by atoms with Gasteiger partial charge in [-0.1, -0.05) is 29.3 Å². The minimum Gasteiger partial charge on any atom is -0.455 e. The lowest BCUT2D eigenvalue weighted by Crippen LogP contribution is -2.19. The Labute approximate surface area is 127 Å². The quantitative estimate of drug-likeness (QED) is 0.889. The molecule has 3 rings (SSSR count). The normalized spacial score (nSPS) is 16.6. The number of rotatable bonds is 2. The second-order valence-corrected chi connectivity index (χ2v) is 5.62. The van der Waals surface area contributed by atoms with Gasteiger partial charge in [0.05, 0.1) is 5.02 Å². The molecule has 1 heterocycles. The van der Waals surface area contributed by atoms with Crippen molar-refractivity contribution in [3.63, 3.8) is 0 Å². The van der Waals surface area contributed by atoms with Gasteiger partial charge in [0.2, 0.25) is 5.91 Å². The van der Waals surface area contributed by atoms with Crippen molar-refractivity contribution in [3.05, 3.63) is 52.0 Å². The maximum atomic E-state index is 11.6. The van der Waals surface area contributed by atoms with Crippen LogP contribution in [-0.4, -0.2) is 5.91 Å². The largest absolute Gasteiger partial charge is 0.455 e. The van der Waals surface area contributed by atoms with E-state index in [1.54, 1.807) is 12.1 Å². The van der Waals surface area contributed by atoms with E-state index in [9.17, 15) is 4.79 Å². The van der Waals surface area contributed by atoms with Crippen LogP contribution in [0.5, 0.6) is 11.5 Å². The summed E-state index contributed by atoms with van der Waals surface area (Å²) in [6, 6.07) is 8.63. The van der Waals surface area contributed by atoms with E-state index in [0.29, 0.717) is 22.0 Å². The molecule has 2 aromatic carbocycles. The van der Waals surface area contributed by atoms with E-state index in [1.807, 2.05) is 32.0 Å². The van der Waals surface area contributed by atoms with Gasteiger partial charge in [0.15, 0.2) is 0 Å². The zero-order chi connectivity index (χ0) is 15.1. The summed E-state index contributed by atoms with van der Waals surface area (Å²) in [5.74, 6) is 0.998. The fraction of sp³-hybridized carbons (Fsp3) is 0.188. The van der Waals surface area contributed by atoms with Crippen molar-refractivity contribution in [2.75, 3.05) is 5.32 Å². The third kappa shape index (κ3) is 2.48. The molecular formula is C16H15ClN2O2. The summed E-state index contributed by atoms with van der Waals surface area (Å²) in [5, 5.41) is 3.15. The van der Waals surface area contributed by atoms with Gasteiger partial charge in [-0.2, -0.15) is 0 Å². The lowest BCUT2D eigenvalue weighted by molar-refractivity contribution is -0.116. The molecule has 0 fully saturated rings. The number of halogens is 1. The molecule has 5 heteroatoms. The standard InChI is InChI=1S/C16H15ClN2O2/c1-8-3-4-13(9(2)5-8)21-14-7-12-10(6-11(14)17)15(18)16(20)19-12/h3-7,15H,18H2,1-2H3,(H,19,20). The zero-order valence-corrected chi connectivity index (χ0v) is 12.5. The van der Waals surface area contributed by atoms with Crippen molar-refractivity contribution < 1.29 is 9.53 Å². The van der Waals surface area contributed by atoms with Gasteiger partial charge in [-0.15, -0.1) is 0 Å². The monoisotopic (exact) mass is 302 g/mol. The summed E-state index contributed by atoms with van der Waals surface area (Å²) in [6.45, 7) is 4.00. The van der Waals surface area contributed by atoms with Crippen LogP contribution < -0.4 is 15.8 Å². The van der Waals surface area contributed by atoms with Crippen LogP contribution in [0.25, 0.3) is 0 Å². The van der Waals surface area contributed by atoms with E-state index in [2.05, 4.69) is 5.32 Å². The Morgan fingerprint density at radius 2 is 1.95 bits per heavy atom. The molecule has 21 heavy (non-hydrogen) atoms. The molecule has 1 aliphatic rings. The fourth-order valence-electron chi connectivity index (χ4n) is 2.40.